The quantitative estimate of drug-likeness (QED) is 0.239. The van der Waals surface area contributed by atoms with Gasteiger partial charge in [-0.1, -0.05) is 6.92 Å². The molecule has 0 spiro atoms. The van der Waals surface area contributed by atoms with Crippen molar-refractivity contribution in [3.8, 4) is 5.75 Å². The SMILES string of the molecule is CCOc1cc(N)c(C=N)cc1Nc1ncnc2sc3c(c12)CCC(C)C3.CN(C=O)C(C)(C)C. The minimum atomic E-state index is -0.0260. The molecule has 188 valence electrons. The lowest BCUT2D eigenvalue weighted by molar-refractivity contribution is -0.120. The van der Waals surface area contributed by atoms with Crippen LogP contribution < -0.4 is 15.8 Å². The van der Waals surface area contributed by atoms with Gasteiger partial charge in [-0.3, -0.25) is 4.79 Å². The highest BCUT2D eigenvalue weighted by molar-refractivity contribution is 7.19. The first-order chi connectivity index (χ1) is 16.6. The van der Waals surface area contributed by atoms with E-state index in [1.165, 1.54) is 23.1 Å². The number of rotatable bonds is 6. The Morgan fingerprint density at radius 3 is 2.69 bits per heavy atom. The topological polar surface area (TPSA) is 117 Å². The smallest absolute Gasteiger partial charge is 0.209 e. The van der Waals surface area contributed by atoms with Crippen molar-refractivity contribution in [2.75, 3.05) is 24.7 Å². The van der Waals surface area contributed by atoms with Crippen LogP contribution in [0.3, 0.4) is 0 Å². The van der Waals surface area contributed by atoms with Crippen LogP contribution in [0.2, 0.25) is 0 Å². The monoisotopic (exact) mass is 496 g/mol. The summed E-state index contributed by atoms with van der Waals surface area (Å²) in [6.07, 6.45) is 7.05. The number of amides is 1. The number of aromatic nitrogens is 2. The van der Waals surface area contributed by atoms with Gasteiger partial charge >= 0.3 is 0 Å². The Balaban J connectivity index is 0.000000371. The number of hydrogen-bond acceptors (Lipinski definition) is 8. The maximum Gasteiger partial charge on any atom is 0.209 e. The first kappa shape index (κ1) is 26.4. The van der Waals surface area contributed by atoms with Crippen LogP contribution in [0.1, 0.15) is 57.0 Å². The molecule has 1 aliphatic rings. The number of hydrogen-bond donors (Lipinski definition) is 3. The van der Waals surface area contributed by atoms with E-state index in [4.69, 9.17) is 15.9 Å². The Morgan fingerprint density at radius 1 is 1.34 bits per heavy atom. The van der Waals surface area contributed by atoms with Crippen LogP contribution in [-0.2, 0) is 17.6 Å². The third-order valence-corrected chi connectivity index (χ3v) is 7.36. The second-order valence-corrected chi connectivity index (χ2v) is 10.9. The van der Waals surface area contributed by atoms with Gasteiger partial charge < -0.3 is 26.1 Å². The van der Waals surface area contributed by atoms with E-state index in [0.29, 0.717) is 29.5 Å². The zero-order valence-corrected chi connectivity index (χ0v) is 22.3. The number of fused-ring (bicyclic) bond motifs is 3. The van der Waals surface area contributed by atoms with Crippen molar-refractivity contribution in [1.29, 1.82) is 5.41 Å². The lowest BCUT2D eigenvalue weighted by Crippen LogP contribution is -2.36. The van der Waals surface area contributed by atoms with Gasteiger partial charge in [-0.2, -0.15) is 0 Å². The second kappa shape index (κ2) is 11.0. The van der Waals surface area contributed by atoms with Gasteiger partial charge in [0.25, 0.3) is 0 Å². The zero-order chi connectivity index (χ0) is 25.8. The molecule has 3 aromatic rings. The zero-order valence-electron chi connectivity index (χ0n) is 21.4. The summed E-state index contributed by atoms with van der Waals surface area (Å²) in [6, 6.07) is 3.59. The number of thiophene rings is 1. The van der Waals surface area contributed by atoms with Crippen LogP contribution in [0.4, 0.5) is 17.2 Å². The van der Waals surface area contributed by atoms with Gasteiger partial charge in [0, 0.05) is 41.0 Å². The van der Waals surface area contributed by atoms with Crippen LogP contribution in [0.15, 0.2) is 18.5 Å². The molecule has 0 saturated carbocycles. The summed E-state index contributed by atoms with van der Waals surface area (Å²) >= 11 is 1.77. The molecule has 2 heterocycles. The van der Waals surface area contributed by atoms with Gasteiger partial charge in [-0.15, -0.1) is 11.3 Å². The number of anilines is 3. The van der Waals surface area contributed by atoms with Gasteiger partial charge in [-0.05, 0) is 64.5 Å². The largest absolute Gasteiger partial charge is 0.492 e. The van der Waals surface area contributed by atoms with Gasteiger partial charge in [0.15, 0.2) is 0 Å². The Morgan fingerprint density at radius 2 is 2.09 bits per heavy atom. The first-order valence-electron chi connectivity index (χ1n) is 11.9. The van der Waals surface area contributed by atoms with E-state index in [-0.39, 0.29) is 5.54 Å². The summed E-state index contributed by atoms with van der Waals surface area (Å²) in [6.45, 7) is 10.7. The minimum absolute atomic E-state index is 0.0260. The molecule has 1 unspecified atom stereocenters. The summed E-state index contributed by atoms with van der Waals surface area (Å²) in [5.74, 6) is 2.16. The normalized spacial score (nSPS) is 15.0. The fourth-order valence-electron chi connectivity index (χ4n) is 3.77. The van der Waals surface area contributed by atoms with Gasteiger partial charge in [0.1, 0.15) is 22.7 Å². The molecule has 1 aromatic carbocycles. The maximum atomic E-state index is 10.1. The number of carbonyl (C=O) groups excluding carboxylic acids is 1. The molecule has 9 heteroatoms. The first-order valence-corrected chi connectivity index (χ1v) is 12.7. The fourth-order valence-corrected chi connectivity index (χ4v) is 5.12. The van der Waals surface area contributed by atoms with E-state index in [9.17, 15) is 4.79 Å². The van der Waals surface area contributed by atoms with E-state index in [0.717, 1.165) is 41.0 Å². The molecule has 0 fully saturated rings. The molecule has 0 aliphatic heterocycles. The summed E-state index contributed by atoms with van der Waals surface area (Å²) in [4.78, 5) is 23.2. The van der Waals surface area contributed by atoms with Crippen molar-refractivity contribution in [3.05, 3.63) is 34.5 Å². The Bertz CT molecular complexity index is 1200. The van der Waals surface area contributed by atoms with Gasteiger partial charge in [0.2, 0.25) is 6.41 Å². The van der Waals surface area contributed by atoms with Gasteiger partial charge in [0.05, 0.1) is 17.7 Å². The number of ether oxygens (including phenoxy) is 1. The Kier molecular flexibility index (Phi) is 8.32. The molecule has 0 radical (unpaired) electrons. The van der Waals surface area contributed by atoms with Crippen molar-refractivity contribution in [3.63, 3.8) is 0 Å². The van der Waals surface area contributed by atoms with Crippen LogP contribution in [-0.4, -0.2) is 46.7 Å². The molecule has 1 amide bonds. The molecule has 35 heavy (non-hydrogen) atoms. The summed E-state index contributed by atoms with van der Waals surface area (Å²) in [5.41, 5.74) is 9.29. The number of aryl methyl sites for hydroxylation is 1. The summed E-state index contributed by atoms with van der Waals surface area (Å²) in [5, 5.41) is 12.1. The minimum Gasteiger partial charge on any atom is -0.492 e. The molecule has 8 nitrogen and oxygen atoms in total. The van der Waals surface area contributed by atoms with E-state index < -0.39 is 0 Å². The van der Waals surface area contributed by atoms with Crippen molar-refractivity contribution < 1.29 is 9.53 Å². The van der Waals surface area contributed by atoms with Crippen LogP contribution in [0.25, 0.3) is 10.2 Å². The van der Waals surface area contributed by atoms with E-state index in [1.807, 2.05) is 33.8 Å². The van der Waals surface area contributed by atoms with E-state index in [1.54, 1.807) is 35.7 Å². The lowest BCUT2D eigenvalue weighted by Gasteiger charge is -2.27. The molecule has 0 saturated heterocycles. The summed E-state index contributed by atoms with van der Waals surface area (Å²) in [7, 11) is 1.77. The van der Waals surface area contributed by atoms with Crippen molar-refractivity contribution in [2.45, 2.75) is 59.4 Å². The Labute approximate surface area is 211 Å². The average Bonchev–Trinajstić information content (AvgIpc) is 3.18. The van der Waals surface area contributed by atoms with Crippen LogP contribution in [0, 0.1) is 11.3 Å². The van der Waals surface area contributed by atoms with Crippen molar-refractivity contribution in [1.82, 2.24) is 14.9 Å². The summed E-state index contributed by atoms with van der Waals surface area (Å²) < 4.78 is 5.75. The fraction of sp³-hybridized carbons (Fsp3) is 0.462. The maximum absolute atomic E-state index is 10.1. The van der Waals surface area contributed by atoms with Crippen molar-refractivity contribution in [2.24, 2.45) is 5.92 Å². The lowest BCUT2D eigenvalue weighted by atomic mass is 9.89. The predicted octanol–water partition coefficient (Wildman–Crippen LogP) is 5.41. The third kappa shape index (κ3) is 6.08. The average molecular weight is 497 g/mol. The number of nitrogens with two attached hydrogens (primary N) is 1. The van der Waals surface area contributed by atoms with Crippen LogP contribution in [0.5, 0.6) is 5.75 Å². The predicted molar refractivity (Wildman–Crippen MR) is 145 cm³/mol. The standard InChI is InChI=1S/C20H23N5OS.C6H13NO/c1-3-26-16-8-14(22)12(9-21)7-15(16)25-19-18-13-5-4-11(2)6-17(13)27-20(18)24-10-23-19;1-6(2,3)7(4)5-8/h7-11,21H,3-6,22H2,1-2H3,(H,23,24,25);5H,1-4H3. The second-order valence-electron chi connectivity index (χ2n) is 9.82. The molecule has 2 aromatic heterocycles. The van der Waals surface area contributed by atoms with E-state index >= 15 is 0 Å². The number of benzene rings is 1. The van der Waals surface area contributed by atoms with Crippen LogP contribution >= 0.6 is 11.3 Å². The highest BCUT2D eigenvalue weighted by atomic mass is 32.1. The molecule has 1 atom stereocenters. The number of nitrogens with one attached hydrogen (secondary N) is 2. The van der Waals surface area contributed by atoms with Crippen molar-refractivity contribution >= 4 is 51.4 Å². The highest BCUT2D eigenvalue weighted by Crippen LogP contribution is 2.41. The number of nitrogens with zero attached hydrogens (tertiary/aromatic N) is 3. The molecular formula is C26H36N6O2S. The molecule has 1 aliphatic carbocycles. The molecular weight excluding hydrogens is 460 g/mol. The molecule has 0 bridgehead atoms. The number of nitrogen functional groups attached to an aromatic ring is 1. The van der Waals surface area contributed by atoms with Gasteiger partial charge in [-0.25, -0.2) is 9.97 Å². The highest BCUT2D eigenvalue weighted by Gasteiger charge is 2.23. The molecule has 4 rings (SSSR count). The molecule has 4 N–H and O–H groups in total. The number of carbonyl (C=O) groups is 1. The Hall–Kier alpha value is -3.20. The third-order valence-electron chi connectivity index (χ3n) is 6.20. The van der Waals surface area contributed by atoms with E-state index in [2.05, 4.69) is 22.2 Å².